The SMILES string of the molecule is N[C@@H]1[C@H](CO)N(CC2CC2)[C@@]2(C(=O)Nc3cc(Cl)ccc32)[C@H]1c1cccc(Cl)c1F.O=C1Nc2cc(Cl)ccc2[C@@]12[C@@H](c1cccc(Cl)c1F)[C@H]([N+](=O)[O-])[C@H](CO)N2CC1CC1. The van der Waals surface area contributed by atoms with Crippen molar-refractivity contribution < 1.29 is 33.5 Å². The number of benzene rings is 4. The van der Waals surface area contributed by atoms with E-state index in [0.29, 0.717) is 51.6 Å². The van der Waals surface area contributed by atoms with Gasteiger partial charge in [-0.1, -0.05) is 82.8 Å². The van der Waals surface area contributed by atoms with Gasteiger partial charge < -0.3 is 26.6 Å². The number of halogens is 6. The largest absolute Gasteiger partial charge is 0.395 e. The Hall–Kier alpha value is -3.96. The number of likely N-dealkylation sites (tertiary alicyclic amines) is 2. The van der Waals surface area contributed by atoms with Gasteiger partial charge in [-0.15, -0.1) is 0 Å². The Labute approximate surface area is 375 Å². The van der Waals surface area contributed by atoms with Crippen molar-refractivity contribution in [2.75, 3.05) is 36.9 Å². The first-order chi connectivity index (χ1) is 29.7. The summed E-state index contributed by atoms with van der Waals surface area (Å²) in [6.07, 6.45) is 3.98. The summed E-state index contributed by atoms with van der Waals surface area (Å²) >= 11 is 24.5. The summed E-state index contributed by atoms with van der Waals surface area (Å²) in [7, 11) is 0. The van der Waals surface area contributed by atoms with Crippen LogP contribution >= 0.6 is 46.4 Å². The van der Waals surface area contributed by atoms with Crippen LogP contribution in [0.25, 0.3) is 0 Å². The molecule has 2 amide bonds. The van der Waals surface area contributed by atoms with Gasteiger partial charge in [0.05, 0.1) is 29.2 Å². The van der Waals surface area contributed by atoms with Gasteiger partial charge in [0.1, 0.15) is 28.8 Å². The summed E-state index contributed by atoms with van der Waals surface area (Å²) in [5.74, 6) is -3.43. The highest BCUT2D eigenvalue weighted by molar-refractivity contribution is 6.32. The van der Waals surface area contributed by atoms with Crippen LogP contribution in [0.15, 0.2) is 72.8 Å². The predicted molar refractivity (Wildman–Crippen MR) is 231 cm³/mol. The van der Waals surface area contributed by atoms with Crippen LogP contribution in [0.4, 0.5) is 20.2 Å². The number of rotatable bonds is 9. The molecule has 6 N–H and O–H groups in total. The summed E-state index contributed by atoms with van der Waals surface area (Å²) in [6.45, 7) is 0.205. The molecule has 2 aliphatic carbocycles. The normalized spacial score (nSPS) is 30.0. The molecule has 0 unspecified atom stereocenters. The van der Waals surface area contributed by atoms with E-state index >= 15 is 8.78 Å². The van der Waals surface area contributed by atoms with Gasteiger partial charge >= 0.3 is 0 Å². The minimum absolute atomic E-state index is 0.0195. The number of nitrogens with one attached hydrogen (secondary N) is 2. The molecular weight excluding hydrogens is 888 g/mol. The highest BCUT2D eigenvalue weighted by Gasteiger charge is 2.72. The molecule has 0 aromatic heterocycles. The van der Waals surface area contributed by atoms with E-state index in [4.69, 9.17) is 52.1 Å². The maximum Gasteiger partial charge on any atom is 0.250 e. The highest BCUT2D eigenvalue weighted by Crippen LogP contribution is 2.60. The molecule has 4 aromatic rings. The van der Waals surface area contributed by atoms with E-state index in [1.165, 1.54) is 24.3 Å². The summed E-state index contributed by atoms with van der Waals surface area (Å²) in [4.78, 5) is 43.0. The lowest BCUT2D eigenvalue weighted by Gasteiger charge is -2.39. The Morgan fingerprint density at radius 3 is 1.58 bits per heavy atom. The lowest BCUT2D eigenvalue weighted by molar-refractivity contribution is -0.528. The van der Waals surface area contributed by atoms with Gasteiger partial charge in [0, 0.05) is 74.1 Å². The Kier molecular flexibility index (Phi) is 11.3. The first-order valence-electron chi connectivity index (χ1n) is 20.4. The lowest BCUT2D eigenvalue weighted by Crippen LogP contribution is -2.53. The summed E-state index contributed by atoms with van der Waals surface area (Å²) in [5.41, 5.74) is 6.29. The fraction of sp³-hybridized carbons (Fsp3) is 0.409. The number of aliphatic hydroxyl groups excluding tert-OH is 2. The van der Waals surface area contributed by atoms with E-state index in [1.807, 2.05) is 4.90 Å². The van der Waals surface area contributed by atoms with Gasteiger partial charge in [-0.05, 0) is 79.5 Å². The van der Waals surface area contributed by atoms with Gasteiger partial charge in [0.15, 0.2) is 0 Å². The number of hydrogen-bond donors (Lipinski definition) is 5. The molecule has 4 aliphatic heterocycles. The molecule has 2 saturated carbocycles. The molecule has 12 nitrogen and oxygen atoms in total. The Balaban J connectivity index is 0.000000158. The number of hydrogen-bond acceptors (Lipinski definition) is 9. The standard InChI is InChI=1S/C22H20Cl2FN3O4.C22H22Cl2FN3O2/c23-12-6-7-14-16(8-12)26-21(30)22(14)18(13-2-1-3-15(24)19(13)25)20(28(31)32)17(10-29)27(22)9-11-4-5-11;23-12-6-7-14-16(8-12)27-21(30)22(14)18(13-2-1-3-15(24)19(13)25)20(26)17(10-29)28(22)9-11-4-5-11/h1-3,6-8,11,17-18,20,29H,4-5,9-10H2,(H,26,30);1-3,6-8,11,17-18,20,29H,4-5,9-10,26H2,(H,27,30)/t2*17-,18-,20+,22+/m00/s1. The van der Waals surface area contributed by atoms with Gasteiger partial charge in [-0.25, -0.2) is 8.78 Å². The maximum atomic E-state index is 15.3. The van der Waals surface area contributed by atoms with Gasteiger partial charge in [-0.3, -0.25) is 29.5 Å². The third kappa shape index (κ3) is 6.63. The van der Waals surface area contributed by atoms with Crippen molar-refractivity contribution in [3.63, 3.8) is 0 Å². The van der Waals surface area contributed by atoms with Gasteiger partial charge in [-0.2, -0.15) is 0 Å². The summed E-state index contributed by atoms with van der Waals surface area (Å²) < 4.78 is 30.6. The van der Waals surface area contributed by atoms with E-state index in [2.05, 4.69) is 10.6 Å². The Bertz CT molecular complexity index is 2500. The van der Waals surface area contributed by atoms with E-state index < -0.39 is 76.2 Å². The van der Waals surface area contributed by atoms with Crippen LogP contribution in [-0.4, -0.2) is 87.2 Å². The van der Waals surface area contributed by atoms with Crippen molar-refractivity contribution in [2.45, 2.75) is 72.8 Å². The van der Waals surface area contributed by atoms with Crippen molar-refractivity contribution in [1.82, 2.24) is 9.80 Å². The fourth-order valence-corrected chi connectivity index (χ4v) is 11.5. The number of anilines is 2. The average Bonchev–Trinajstić information content (AvgIpc) is 4.15. The second kappa shape index (κ2) is 16.2. The van der Waals surface area contributed by atoms with Crippen LogP contribution in [0, 0.1) is 33.6 Å². The van der Waals surface area contributed by atoms with Crippen molar-refractivity contribution in [3.05, 3.63) is 137 Å². The number of carbonyl (C=O) groups excluding carboxylic acids is 2. The van der Waals surface area contributed by atoms with Crippen molar-refractivity contribution in [1.29, 1.82) is 0 Å². The summed E-state index contributed by atoms with van der Waals surface area (Å²) in [6, 6.07) is 15.5. The predicted octanol–water partition coefficient (Wildman–Crippen LogP) is 7.27. The smallest absolute Gasteiger partial charge is 0.250 e. The zero-order valence-electron chi connectivity index (χ0n) is 32.9. The van der Waals surface area contributed by atoms with Crippen LogP contribution in [-0.2, 0) is 20.7 Å². The van der Waals surface area contributed by atoms with E-state index in [-0.39, 0.29) is 39.6 Å². The molecule has 4 heterocycles. The number of fused-ring (bicyclic) bond motifs is 4. The second-order valence-corrected chi connectivity index (χ2v) is 18.8. The Morgan fingerprint density at radius 1 is 0.710 bits per heavy atom. The number of nitrogens with two attached hydrogens (primary N) is 1. The molecule has 8 atom stereocenters. The minimum Gasteiger partial charge on any atom is -0.395 e. The van der Waals surface area contributed by atoms with Crippen molar-refractivity contribution in [2.24, 2.45) is 17.6 Å². The van der Waals surface area contributed by atoms with Gasteiger partial charge in [0.25, 0.3) is 5.91 Å². The zero-order chi connectivity index (χ0) is 44.0. The molecule has 18 heteroatoms. The fourth-order valence-electron chi connectivity index (χ4n) is 10.8. The zero-order valence-corrected chi connectivity index (χ0v) is 35.9. The van der Waals surface area contributed by atoms with E-state index in [0.717, 1.165) is 25.7 Å². The van der Waals surface area contributed by atoms with Crippen LogP contribution < -0.4 is 16.4 Å². The van der Waals surface area contributed by atoms with Crippen LogP contribution in [0.2, 0.25) is 20.1 Å². The van der Waals surface area contributed by atoms with Gasteiger partial charge in [0.2, 0.25) is 11.9 Å². The molecule has 6 aliphatic rings. The summed E-state index contributed by atoms with van der Waals surface area (Å²) in [5, 5.41) is 39.3. The molecule has 4 aromatic carbocycles. The van der Waals surface area contributed by atoms with Crippen molar-refractivity contribution in [3.8, 4) is 0 Å². The lowest BCUT2D eigenvalue weighted by atomic mass is 9.73. The maximum absolute atomic E-state index is 15.3. The Morgan fingerprint density at radius 2 is 1.15 bits per heavy atom. The first-order valence-corrected chi connectivity index (χ1v) is 22.0. The average molecular weight is 931 g/mol. The van der Waals surface area contributed by atoms with Crippen LogP contribution in [0.1, 0.15) is 59.8 Å². The molecule has 0 radical (unpaired) electrons. The number of nitro groups is 1. The second-order valence-electron chi connectivity index (χ2n) is 17.1. The molecule has 4 fully saturated rings. The molecule has 62 heavy (non-hydrogen) atoms. The topological polar surface area (TPSA) is 174 Å². The molecule has 0 bridgehead atoms. The van der Waals surface area contributed by atoms with E-state index in [9.17, 15) is 29.9 Å². The number of nitrogens with zero attached hydrogens (tertiary/aromatic N) is 3. The molecule has 2 saturated heterocycles. The molecule has 10 rings (SSSR count). The van der Waals surface area contributed by atoms with E-state index in [1.54, 1.807) is 53.4 Å². The third-order valence-electron chi connectivity index (χ3n) is 13.7. The molecular formula is C44H42Cl4F2N6O6. The molecule has 326 valence electrons. The van der Waals surface area contributed by atoms with Crippen LogP contribution in [0.5, 0.6) is 0 Å². The third-order valence-corrected chi connectivity index (χ3v) is 14.8. The number of carbonyl (C=O) groups is 2. The molecule has 2 spiro atoms. The number of aliphatic hydroxyl groups is 2. The quantitative estimate of drug-likeness (QED) is 0.0855. The monoisotopic (exact) mass is 928 g/mol. The van der Waals surface area contributed by atoms with Crippen LogP contribution in [0.3, 0.4) is 0 Å². The van der Waals surface area contributed by atoms with Crippen molar-refractivity contribution >= 4 is 69.6 Å². The number of amides is 2. The highest BCUT2D eigenvalue weighted by atomic mass is 35.5. The first kappa shape index (κ1) is 43.3. The minimum atomic E-state index is -1.58.